The van der Waals surface area contributed by atoms with Crippen LogP contribution in [0.25, 0.3) is 0 Å². The average molecular weight is 314 g/mol. The molecule has 0 bridgehead atoms. The summed E-state index contributed by atoms with van der Waals surface area (Å²) >= 11 is 3.23. The molecule has 18 heavy (non-hydrogen) atoms. The molecule has 1 aromatic rings. The Kier molecular flexibility index (Phi) is 5.03. The number of ether oxygens (including phenoxy) is 1. The average Bonchev–Trinajstić information content (AvgIpc) is 2.31. The Morgan fingerprint density at radius 2 is 2.00 bits per heavy atom. The zero-order valence-electron chi connectivity index (χ0n) is 9.95. The van der Waals surface area contributed by atoms with Crippen molar-refractivity contribution in [2.45, 2.75) is 13.8 Å². The van der Waals surface area contributed by atoms with E-state index in [-0.39, 0.29) is 18.1 Å². The summed E-state index contributed by atoms with van der Waals surface area (Å²) in [5.41, 5.74) is 0.603. The first-order valence-corrected chi connectivity index (χ1v) is 6.03. The Labute approximate surface area is 113 Å². The van der Waals surface area contributed by atoms with Crippen molar-refractivity contribution in [2.75, 3.05) is 11.9 Å². The van der Waals surface area contributed by atoms with Gasteiger partial charge in [0.15, 0.2) is 5.78 Å². The lowest BCUT2D eigenvalue weighted by Crippen LogP contribution is -2.25. The van der Waals surface area contributed by atoms with Gasteiger partial charge in [0.2, 0.25) is 0 Å². The molecule has 1 amide bonds. The number of nitrogens with one attached hydrogen (secondary N) is 1. The van der Waals surface area contributed by atoms with Gasteiger partial charge in [0.1, 0.15) is 0 Å². The Hall–Kier alpha value is -1.69. The van der Waals surface area contributed by atoms with E-state index in [0.717, 1.165) is 0 Å². The Bertz CT molecular complexity index is 499. The largest absolute Gasteiger partial charge is 0.459 e. The number of rotatable bonds is 3. The molecule has 6 heteroatoms. The highest BCUT2D eigenvalue weighted by Gasteiger charge is 2.17. The highest BCUT2D eigenvalue weighted by molar-refractivity contribution is 9.10. The van der Waals surface area contributed by atoms with Gasteiger partial charge < -0.3 is 10.1 Å². The van der Waals surface area contributed by atoms with Crippen molar-refractivity contribution in [2.24, 2.45) is 0 Å². The maximum atomic E-state index is 11.5. The van der Waals surface area contributed by atoms with Gasteiger partial charge in [-0.3, -0.25) is 9.59 Å². The molecule has 1 N–H and O–H groups in total. The molecule has 0 spiro atoms. The number of anilines is 1. The molecule has 0 aliphatic carbocycles. The lowest BCUT2D eigenvalue weighted by molar-refractivity contribution is -0.152. The van der Waals surface area contributed by atoms with E-state index in [2.05, 4.69) is 26.0 Å². The van der Waals surface area contributed by atoms with E-state index in [1.165, 1.54) is 13.0 Å². The first kappa shape index (κ1) is 14.4. The van der Waals surface area contributed by atoms with Crippen LogP contribution < -0.4 is 5.32 Å². The summed E-state index contributed by atoms with van der Waals surface area (Å²) in [7, 11) is 0. The predicted molar refractivity (Wildman–Crippen MR) is 69.4 cm³/mol. The van der Waals surface area contributed by atoms with Gasteiger partial charge in [0.05, 0.1) is 12.3 Å². The van der Waals surface area contributed by atoms with E-state index in [4.69, 9.17) is 0 Å². The molecule has 0 aliphatic heterocycles. The van der Waals surface area contributed by atoms with Crippen LogP contribution in [0.3, 0.4) is 0 Å². The van der Waals surface area contributed by atoms with Gasteiger partial charge in [0.25, 0.3) is 0 Å². The smallest absolute Gasteiger partial charge is 0.397 e. The van der Waals surface area contributed by atoms with Crippen LogP contribution in [-0.2, 0) is 14.3 Å². The number of carbonyl (C=O) groups excluding carboxylic acids is 3. The van der Waals surface area contributed by atoms with E-state index in [1.807, 2.05) is 0 Å². The summed E-state index contributed by atoms with van der Waals surface area (Å²) in [5.74, 6) is -2.09. The van der Waals surface area contributed by atoms with Gasteiger partial charge in [-0.05, 0) is 32.0 Å². The van der Waals surface area contributed by atoms with E-state index in [0.29, 0.717) is 10.0 Å². The second kappa shape index (κ2) is 6.30. The molecule has 1 rings (SSSR count). The topological polar surface area (TPSA) is 72.5 Å². The standard InChI is InChI=1S/C12H12BrNO4/c1-3-18-12(17)11(16)14-10-5-4-8(13)6-9(10)7(2)15/h4-6H,3H2,1-2H3,(H,14,16). The minimum Gasteiger partial charge on any atom is -0.459 e. The molecular weight excluding hydrogens is 302 g/mol. The molecule has 0 saturated carbocycles. The number of hydrogen-bond donors (Lipinski definition) is 1. The van der Waals surface area contributed by atoms with Crippen LogP contribution in [0.5, 0.6) is 0 Å². The highest BCUT2D eigenvalue weighted by atomic mass is 79.9. The number of esters is 1. The molecule has 96 valence electrons. The number of ketones is 1. The van der Waals surface area contributed by atoms with Crippen molar-refractivity contribution < 1.29 is 19.1 Å². The van der Waals surface area contributed by atoms with Crippen LogP contribution in [-0.4, -0.2) is 24.3 Å². The molecular formula is C12H12BrNO4. The van der Waals surface area contributed by atoms with E-state index in [9.17, 15) is 14.4 Å². The van der Waals surface area contributed by atoms with Gasteiger partial charge in [0, 0.05) is 10.0 Å². The third-order valence-electron chi connectivity index (χ3n) is 2.07. The highest BCUT2D eigenvalue weighted by Crippen LogP contribution is 2.21. The van der Waals surface area contributed by atoms with Crippen LogP contribution >= 0.6 is 15.9 Å². The minimum absolute atomic E-state index is 0.117. The molecule has 0 radical (unpaired) electrons. The van der Waals surface area contributed by atoms with Crippen molar-refractivity contribution in [1.29, 1.82) is 0 Å². The Balaban J connectivity index is 2.94. The van der Waals surface area contributed by atoms with E-state index < -0.39 is 11.9 Å². The monoisotopic (exact) mass is 313 g/mol. The molecule has 0 aliphatic rings. The van der Waals surface area contributed by atoms with Gasteiger partial charge in [-0.15, -0.1) is 0 Å². The minimum atomic E-state index is -0.977. The zero-order valence-corrected chi connectivity index (χ0v) is 11.5. The van der Waals surface area contributed by atoms with Crippen LogP contribution in [0.1, 0.15) is 24.2 Å². The summed E-state index contributed by atoms with van der Waals surface area (Å²) in [6, 6.07) is 4.77. The Morgan fingerprint density at radius 3 is 2.56 bits per heavy atom. The third-order valence-corrected chi connectivity index (χ3v) is 2.56. The molecule has 0 unspecified atom stereocenters. The Morgan fingerprint density at radius 1 is 1.33 bits per heavy atom. The third kappa shape index (κ3) is 3.66. The van der Waals surface area contributed by atoms with Gasteiger partial charge in [-0.25, -0.2) is 4.79 Å². The molecule has 0 heterocycles. The number of carbonyl (C=O) groups is 3. The summed E-state index contributed by atoms with van der Waals surface area (Å²) in [6.45, 7) is 3.10. The number of halogens is 1. The fourth-order valence-corrected chi connectivity index (χ4v) is 1.65. The summed E-state index contributed by atoms with van der Waals surface area (Å²) < 4.78 is 5.26. The molecule has 5 nitrogen and oxygen atoms in total. The second-order valence-corrected chi connectivity index (χ2v) is 4.34. The molecule has 1 aromatic carbocycles. The van der Waals surface area contributed by atoms with Gasteiger partial charge in [-0.1, -0.05) is 15.9 Å². The van der Waals surface area contributed by atoms with E-state index >= 15 is 0 Å². The van der Waals surface area contributed by atoms with Crippen molar-refractivity contribution in [3.8, 4) is 0 Å². The maximum Gasteiger partial charge on any atom is 0.397 e. The molecule has 0 fully saturated rings. The summed E-state index contributed by atoms with van der Waals surface area (Å²) in [6.07, 6.45) is 0. The number of Topliss-reactive ketones (excluding diaryl/α,β-unsaturated/α-hetero) is 1. The number of amides is 1. The first-order chi connectivity index (χ1) is 8.45. The van der Waals surface area contributed by atoms with Crippen molar-refractivity contribution in [1.82, 2.24) is 0 Å². The second-order valence-electron chi connectivity index (χ2n) is 3.42. The number of benzene rings is 1. The molecule has 0 atom stereocenters. The van der Waals surface area contributed by atoms with Crippen LogP contribution in [0.4, 0.5) is 5.69 Å². The van der Waals surface area contributed by atoms with Crippen molar-refractivity contribution >= 4 is 39.3 Å². The molecule has 0 saturated heterocycles. The molecule has 0 aromatic heterocycles. The fourth-order valence-electron chi connectivity index (χ4n) is 1.29. The van der Waals surface area contributed by atoms with Crippen LogP contribution in [0.15, 0.2) is 22.7 Å². The van der Waals surface area contributed by atoms with Gasteiger partial charge >= 0.3 is 11.9 Å². The van der Waals surface area contributed by atoms with Crippen molar-refractivity contribution in [3.05, 3.63) is 28.2 Å². The first-order valence-electron chi connectivity index (χ1n) is 5.24. The van der Waals surface area contributed by atoms with Crippen LogP contribution in [0.2, 0.25) is 0 Å². The van der Waals surface area contributed by atoms with E-state index in [1.54, 1.807) is 19.1 Å². The lowest BCUT2D eigenvalue weighted by Gasteiger charge is -2.08. The SMILES string of the molecule is CCOC(=O)C(=O)Nc1ccc(Br)cc1C(C)=O. The lowest BCUT2D eigenvalue weighted by atomic mass is 10.1. The van der Waals surface area contributed by atoms with Crippen molar-refractivity contribution in [3.63, 3.8) is 0 Å². The van der Waals surface area contributed by atoms with Crippen LogP contribution in [0, 0.1) is 0 Å². The zero-order chi connectivity index (χ0) is 13.7. The number of hydrogen-bond acceptors (Lipinski definition) is 4. The van der Waals surface area contributed by atoms with Gasteiger partial charge in [-0.2, -0.15) is 0 Å². The predicted octanol–water partition coefficient (Wildman–Crippen LogP) is 2.15. The maximum absolute atomic E-state index is 11.5. The summed E-state index contributed by atoms with van der Waals surface area (Å²) in [4.78, 5) is 34.0. The quantitative estimate of drug-likeness (QED) is 0.527. The summed E-state index contributed by atoms with van der Waals surface area (Å²) in [5, 5.41) is 2.35. The normalized spacial score (nSPS) is 9.72. The fraction of sp³-hybridized carbons (Fsp3) is 0.250.